The molecule has 4 heteroatoms. The highest BCUT2D eigenvalue weighted by atomic mass is 32.2. The van der Waals surface area contributed by atoms with E-state index in [-0.39, 0.29) is 5.41 Å². The van der Waals surface area contributed by atoms with Gasteiger partial charge < -0.3 is 5.32 Å². The number of sulfone groups is 1. The maximum atomic E-state index is 11.1. The third kappa shape index (κ3) is 3.58. The Morgan fingerprint density at radius 3 is 2.21 bits per heavy atom. The largest absolute Gasteiger partial charge is 0.316 e. The second kappa shape index (κ2) is 4.19. The fourth-order valence-electron chi connectivity index (χ4n) is 2.17. The molecule has 3 nitrogen and oxygen atoms in total. The summed E-state index contributed by atoms with van der Waals surface area (Å²) in [7, 11) is -2.80. The number of nitrogens with one attached hydrogen (secondary N) is 1. The molecular formula is C10H21NO2S. The number of rotatable bonds is 5. The molecule has 0 saturated carbocycles. The summed E-state index contributed by atoms with van der Waals surface area (Å²) >= 11 is 0. The molecule has 0 aliphatic carbocycles. The molecule has 1 fully saturated rings. The van der Waals surface area contributed by atoms with Crippen LogP contribution in [0.15, 0.2) is 0 Å². The van der Waals surface area contributed by atoms with E-state index in [1.807, 2.05) is 0 Å². The summed E-state index contributed by atoms with van der Waals surface area (Å²) in [5, 5.41) is 3.25. The number of hydrogen-bond acceptors (Lipinski definition) is 3. The van der Waals surface area contributed by atoms with Crippen molar-refractivity contribution >= 4 is 9.84 Å². The van der Waals surface area contributed by atoms with Crippen molar-refractivity contribution in [2.45, 2.75) is 26.7 Å². The third-order valence-electron chi connectivity index (χ3n) is 2.84. The van der Waals surface area contributed by atoms with Gasteiger partial charge in [0.25, 0.3) is 0 Å². The van der Waals surface area contributed by atoms with Gasteiger partial charge in [-0.15, -0.1) is 0 Å². The third-order valence-corrected chi connectivity index (χ3v) is 3.79. The van der Waals surface area contributed by atoms with Crippen LogP contribution < -0.4 is 5.32 Å². The van der Waals surface area contributed by atoms with Crippen molar-refractivity contribution < 1.29 is 8.42 Å². The minimum absolute atomic E-state index is 0.261. The van der Waals surface area contributed by atoms with Crippen LogP contribution in [0.3, 0.4) is 0 Å². The van der Waals surface area contributed by atoms with Crippen molar-refractivity contribution in [1.29, 1.82) is 0 Å². The normalized spacial score (nSPS) is 20.9. The van der Waals surface area contributed by atoms with E-state index in [1.165, 1.54) is 6.26 Å². The van der Waals surface area contributed by atoms with Crippen molar-refractivity contribution in [3.63, 3.8) is 0 Å². The van der Waals surface area contributed by atoms with E-state index in [4.69, 9.17) is 0 Å². The van der Waals surface area contributed by atoms with Crippen LogP contribution in [0.1, 0.15) is 26.7 Å². The van der Waals surface area contributed by atoms with Crippen LogP contribution in [0.2, 0.25) is 0 Å². The van der Waals surface area contributed by atoms with Gasteiger partial charge in [-0.25, -0.2) is 8.42 Å². The van der Waals surface area contributed by atoms with Gasteiger partial charge in [0, 0.05) is 19.3 Å². The fraction of sp³-hybridized carbons (Fsp3) is 1.00. The second-order valence-corrected chi connectivity index (χ2v) is 7.34. The highest BCUT2D eigenvalue weighted by Gasteiger charge is 2.37. The SMILES string of the molecule is CC(C)CC1(CCS(C)(=O)=O)CNC1. The van der Waals surface area contributed by atoms with Crippen LogP contribution in [0.4, 0.5) is 0 Å². The first-order chi connectivity index (χ1) is 6.33. The lowest BCUT2D eigenvalue weighted by Gasteiger charge is -2.44. The maximum absolute atomic E-state index is 11.1. The van der Waals surface area contributed by atoms with Crippen LogP contribution >= 0.6 is 0 Å². The van der Waals surface area contributed by atoms with Crippen LogP contribution in [0, 0.1) is 11.3 Å². The zero-order chi connectivity index (χ0) is 10.8. The lowest BCUT2D eigenvalue weighted by Crippen LogP contribution is -2.54. The maximum Gasteiger partial charge on any atom is 0.147 e. The second-order valence-electron chi connectivity index (χ2n) is 5.08. The molecule has 1 N–H and O–H groups in total. The summed E-state index contributed by atoms with van der Waals surface area (Å²) < 4.78 is 22.2. The van der Waals surface area contributed by atoms with Gasteiger partial charge in [0.2, 0.25) is 0 Å². The minimum Gasteiger partial charge on any atom is -0.316 e. The molecular weight excluding hydrogens is 198 g/mol. The minimum atomic E-state index is -2.80. The van der Waals surface area contributed by atoms with E-state index in [0.717, 1.165) is 25.9 Å². The van der Waals surface area contributed by atoms with Crippen molar-refractivity contribution in [2.24, 2.45) is 11.3 Å². The molecule has 0 spiro atoms. The fourth-order valence-corrected chi connectivity index (χ4v) is 2.97. The van der Waals surface area contributed by atoms with E-state index in [2.05, 4.69) is 19.2 Å². The Balaban J connectivity index is 2.46. The van der Waals surface area contributed by atoms with Crippen LogP contribution in [-0.2, 0) is 9.84 Å². The summed E-state index contributed by atoms with van der Waals surface area (Å²) in [6.07, 6.45) is 3.27. The molecule has 0 radical (unpaired) electrons. The first kappa shape index (κ1) is 12.0. The molecule has 1 aliphatic heterocycles. The molecule has 0 bridgehead atoms. The van der Waals surface area contributed by atoms with Gasteiger partial charge in [0.15, 0.2) is 0 Å². The smallest absolute Gasteiger partial charge is 0.147 e. The van der Waals surface area contributed by atoms with Gasteiger partial charge in [-0.1, -0.05) is 13.8 Å². The molecule has 0 aromatic carbocycles. The Bertz CT molecular complexity index is 278. The molecule has 0 aromatic heterocycles. The summed E-state index contributed by atoms with van der Waals surface area (Å²) in [6, 6.07) is 0. The van der Waals surface area contributed by atoms with Crippen molar-refractivity contribution in [1.82, 2.24) is 5.32 Å². The van der Waals surface area contributed by atoms with E-state index < -0.39 is 9.84 Å². The highest BCUT2D eigenvalue weighted by molar-refractivity contribution is 7.90. The predicted molar refractivity (Wildman–Crippen MR) is 59.1 cm³/mol. The Kier molecular flexibility index (Phi) is 3.58. The zero-order valence-corrected chi connectivity index (χ0v) is 10.2. The molecule has 0 aromatic rings. The Labute approximate surface area is 87.2 Å². The van der Waals surface area contributed by atoms with Gasteiger partial charge in [-0.05, 0) is 24.2 Å². The van der Waals surface area contributed by atoms with Crippen LogP contribution in [0.5, 0.6) is 0 Å². The van der Waals surface area contributed by atoms with Crippen molar-refractivity contribution in [2.75, 3.05) is 25.1 Å². The average molecular weight is 219 g/mol. The molecule has 1 rings (SSSR count). The average Bonchev–Trinajstić information content (AvgIpc) is 1.92. The first-order valence-electron chi connectivity index (χ1n) is 5.21. The van der Waals surface area contributed by atoms with Crippen molar-refractivity contribution in [3.8, 4) is 0 Å². The Hall–Kier alpha value is -0.0900. The van der Waals surface area contributed by atoms with Gasteiger partial charge in [-0.3, -0.25) is 0 Å². The zero-order valence-electron chi connectivity index (χ0n) is 9.34. The van der Waals surface area contributed by atoms with E-state index in [0.29, 0.717) is 11.7 Å². The van der Waals surface area contributed by atoms with Gasteiger partial charge in [0.05, 0.1) is 5.75 Å². The Morgan fingerprint density at radius 1 is 1.36 bits per heavy atom. The monoisotopic (exact) mass is 219 g/mol. The molecule has 0 unspecified atom stereocenters. The molecule has 14 heavy (non-hydrogen) atoms. The van der Waals surface area contributed by atoms with E-state index >= 15 is 0 Å². The summed E-state index contributed by atoms with van der Waals surface area (Å²) in [5.74, 6) is 0.984. The topological polar surface area (TPSA) is 46.2 Å². The van der Waals surface area contributed by atoms with E-state index in [9.17, 15) is 8.42 Å². The van der Waals surface area contributed by atoms with Gasteiger partial charge in [-0.2, -0.15) is 0 Å². The molecule has 0 amide bonds. The van der Waals surface area contributed by atoms with Gasteiger partial charge in [0.1, 0.15) is 9.84 Å². The molecule has 0 atom stereocenters. The summed E-state index contributed by atoms with van der Waals surface area (Å²) in [4.78, 5) is 0. The summed E-state index contributed by atoms with van der Waals surface area (Å²) in [6.45, 7) is 6.36. The lowest BCUT2D eigenvalue weighted by atomic mass is 9.73. The van der Waals surface area contributed by atoms with Crippen LogP contribution in [0.25, 0.3) is 0 Å². The highest BCUT2D eigenvalue weighted by Crippen LogP contribution is 2.34. The first-order valence-corrected chi connectivity index (χ1v) is 7.28. The molecule has 1 aliphatic rings. The molecule has 1 heterocycles. The van der Waals surface area contributed by atoms with E-state index in [1.54, 1.807) is 0 Å². The van der Waals surface area contributed by atoms with Gasteiger partial charge >= 0.3 is 0 Å². The molecule has 84 valence electrons. The quantitative estimate of drug-likeness (QED) is 0.752. The Morgan fingerprint density at radius 2 is 1.93 bits per heavy atom. The lowest BCUT2D eigenvalue weighted by molar-refractivity contribution is 0.126. The molecule has 1 saturated heterocycles. The summed E-state index contributed by atoms with van der Waals surface area (Å²) in [5.41, 5.74) is 0.261. The van der Waals surface area contributed by atoms with Crippen molar-refractivity contribution in [3.05, 3.63) is 0 Å². The number of hydrogen-bond donors (Lipinski definition) is 1. The van der Waals surface area contributed by atoms with Crippen LogP contribution in [-0.4, -0.2) is 33.5 Å². The standard InChI is InChI=1S/C10H21NO2S/c1-9(2)6-10(7-11-8-10)4-5-14(3,12)13/h9,11H,4-8H2,1-3H3. The predicted octanol–water partition coefficient (Wildman–Crippen LogP) is 1.06.